The molecule has 2 aromatic rings. The van der Waals surface area contributed by atoms with Gasteiger partial charge in [0.2, 0.25) is 5.91 Å². The van der Waals surface area contributed by atoms with Crippen LogP contribution in [0.3, 0.4) is 0 Å². The lowest BCUT2D eigenvalue weighted by molar-refractivity contribution is -0.114. The van der Waals surface area contributed by atoms with Crippen molar-refractivity contribution >= 4 is 29.2 Å². The van der Waals surface area contributed by atoms with Crippen molar-refractivity contribution in [1.82, 2.24) is 0 Å². The zero-order valence-electron chi connectivity index (χ0n) is 23.9. The van der Waals surface area contributed by atoms with Crippen LogP contribution in [0.2, 0.25) is 0 Å². The highest BCUT2D eigenvalue weighted by Gasteiger charge is 2.20. The van der Waals surface area contributed by atoms with Crippen LogP contribution in [0.5, 0.6) is 0 Å². The summed E-state index contributed by atoms with van der Waals surface area (Å²) < 4.78 is 15.3. The molecule has 0 bridgehead atoms. The molecule has 0 aliphatic carbocycles. The van der Waals surface area contributed by atoms with Gasteiger partial charge in [-0.15, -0.1) is 0 Å². The predicted molar refractivity (Wildman–Crippen MR) is 148 cm³/mol. The largest absolute Gasteiger partial charge is 0.465 e. The van der Waals surface area contributed by atoms with Crippen molar-refractivity contribution in [2.75, 3.05) is 25.3 Å². The lowest BCUT2D eigenvalue weighted by Gasteiger charge is -2.22. The lowest BCUT2D eigenvalue weighted by atomic mass is 9.97. The van der Waals surface area contributed by atoms with Crippen LogP contribution in [0, 0.1) is 13.8 Å². The zero-order chi connectivity index (χ0) is 29.2. The van der Waals surface area contributed by atoms with Crippen LogP contribution in [0.25, 0.3) is 0 Å². The SMILES string of the molecule is CCC(O)c1cc(C(=O)OC)c(NC(C)=O)cc1C.CCC(OC(C)C)c1cc(C(=O)OC)c(N)cc1C. The molecular weight excluding hydrogens is 488 g/mol. The summed E-state index contributed by atoms with van der Waals surface area (Å²) in [5.74, 6) is -1.24. The predicted octanol–water partition coefficient (Wildman–Crippen LogP) is 5.42. The quantitative estimate of drug-likeness (QED) is 0.289. The summed E-state index contributed by atoms with van der Waals surface area (Å²) in [5.41, 5.74) is 10.8. The fourth-order valence-electron chi connectivity index (χ4n) is 3.97. The normalized spacial score (nSPS) is 12.2. The van der Waals surface area contributed by atoms with Crippen molar-refractivity contribution < 1.29 is 33.7 Å². The lowest BCUT2D eigenvalue weighted by Crippen LogP contribution is -2.14. The Bertz CT molecular complexity index is 1130. The Balaban J connectivity index is 0.000000380. The fraction of sp³-hybridized carbons (Fsp3) is 0.483. The molecule has 0 saturated carbocycles. The third-order valence-electron chi connectivity index (χ3n) is 5.87. The number of carbonyl (C=O) groups is 3. The van der Waals surface area contributed by atoms with Gasteiger partial charge in [0.25, 0.3) is 0 Å². The molecule has 38 heavy (non-hydrogen) atoms. The molecule has 2 atom stereocenters. The highest BCUT2D eigenvalue weighted by Crippen LogP contribution is 2.30. The van der Waals surface area contributed by atoms with E-state index >= 15 is 0 Å². The van der Waals surface area contributed by atoms with Gasteiger partial charge in [0.15, 0.2) is 0 Å². The minimum absolute atomic E-state index is 0.0380. The van der Waals surface area contributed by atoms with Crippen molar-refractivity contribution in [2.24, 2.45) is 0 Å². The highest BCUT2D eigenvalue weighted by atomic mass is 16.5. The summed E-state index contributed by atoms with van der Waals surface area (Å²) in [4.78, 5) is 34.6. The molecule has 4 N–H and O–H groups in total. The van der Waals surface area contributed by atoms with Crippen molar-refractivity contribution in [3.8, 4) is 0 Å². The van der Waals surface area contributed by atoms with Crippen LogP contribution in [0.15, 0.2) is 24.3 Å². The van der Waals surface area contributed by atoms with Gasteiger partial charge in [0.05, 0.1) is 49.3 Å². The standard InChI is InChI=1S/C15H23NO3.C14H19NO4/c1-6-14(19-9(2)3)11-8-12(15(17)18-5)13(16)7-10(11)4;1-5-13(17)10-7-11(14(18)19-4)12(6-8(10)2)15-9(3)16/h7-9,14H,6,16H2,1-5H3;6-7,13,17H,5H2,1-4H3,(H,15,16). The molecule has 2 rings (SSSR count). The van der Waals surface area contributed by atoms with E-state index in [0.717, 1.165) is 23.1 Å². The molecule has 0 aliphatic heterocycles. The minimum atomic E-state index is -0.644. The summed E-state index contributed by atoms with van der Waals surface area (Å²) in [5, 5.41) is 12.5. The van der Waals surface area contributed by atoms with Gasteiger partial charge in [-0.05, 0) is 87.1 Å². The number of aliphatic hydroxyl groups excluding tert-OH is 1. The first-order valence-corrected chi connectivity index (χ1v) is 12.6. The number of ether oxygens (including phenoxy) is 3. The number of aryl methyl sites for hydroxylation is 2. The van der Waals surface area contributed by atoms with E-state index < -0.39 is 18.0 Å². The first kappa shape index (κ1) is 32.6. The number of amides is 1. The number of hydrogen-bond donors (Lipinski definition) is 3. The molecule has 0 aliphatic rings. The van der Waals surface area contributed by atoms with Crippen LogP contribution in [-0.4, -0.2) is 43.3 Å². The van der Waals surface area contributed by atoms with Gasteiger partial charge in [-0.25, -0.2) is 9.59 Å². The number of nitrogens with one attached hydrogen (secondary N) is 1. The van der Waals surface area contributed by atoms with E-state index in [2.05, 4.69) is 12.2 Å². The first-order valence-electron chi connectivity index (χ1n) is 12.6. The number of esters is 2. The number of anilines is 2. The molecule has 2 aromatic carbocycles. The molecule has 9 nitrogen and oxygen atoms in total. The molecular formula is C29H42N2O7. The summed E-state index contributed by atoms with van der Waals surface area (Å²) in [6, 6.07) is 6.82. The number of nitrogens with two attached hydrogens (primary N) is 1. The number of rotatable bonds is 9. The Kier molecular flexibility index (Phi) is 13.0. The van der Waals surface area contributed by atoms with E-state index in [1.165, 1.54) is 21.1 Å². The van der Waals surface area contributed by atoms with E-state index in [1.807, 2.05) is 34.6 Å². The van der Waals surface area contributed by atoms with Crippen LogP contribution in [0.4, 0.5) is 11.4 Å². The van der Waals surface area contributed by atoms with E-state index in [0.29, 0.717) is 28.9 Å². The maximum absolute atomic E-state index is 11.7. The molecule has 1 amide bonds. The number of hydrogen-bond acceptors (Lipinski definition) is 8. The molecule has 0 fully saturated rings. The van der Waals surface area contributed by atoms with E-state index in [-0.39, 0.29) is 23.7 Å². The van der Waals surface area contributed by atoms with Crippen molar-refractivity contribution in [3.05, 3.63) is 57.6 Å². The van der Waals surface area contributed by atoms with Gasteiger partial charge in [-0.2, -0.15) is 0 Å². The Labute approximate surface area is 225 Å². The second-order valence-electron chi connectivity index (χ2n) is 9.22. The van der Waals surface area contributed by atoms with Crippen LogP contribution < -0.4 is 11.1 Å². The van der Waals surface area contributed by atoms with Crippen LogP contribution in [-0.2, 0) is 19.0 Å². The van der Waals surface area contributed by atoms with E-state index in [9.17, 15) is 19.5 Å². The topological polar surface area (TPSA) is 137 Å². The summed E-state index contributed by atoms with van der Waals surface area (Å²) in [7, 11) is 2.62. The summed E-state index contributed by atoms with van der Waals surface area (Å²) in [6.45, 7) is 13.1. The molecule has 9 heteroatoms. The summed E-state index contributed by atoms with van der Waals surface area (Å²) in [6.07, 6.45) is 0.826. The molecule has 210 valence electrons. The molecule has 0 saturated heterocycles. The Hall–Kier alpha value is -3.43. The molecule has 0 spiro atoms. The monoisotopic (exact) mass is 530 g/mol. The van der Waals surface area contributed by atoms with Gasteiger partial charge < -0.3 is 30.4 Å². The average molecular weight is 531 g/mol. The second-order valence-corrected chi connectivity index (χ2v) is 9.22. The molecule has 2 unspecified atom stereocenters. The van der Waals surface area contributed by atoms with Crippen molar-refractivity contribution in [3.63, 3.8) is 0 Å². The molecule has 0 radical (unpaired) electrons. The van der Waals surface area contributed by atoms with Crippen molar-refractivity contribution in [1.29, 1.82) is 0 Å². The number of benzene rings is 2. The van der Waals surface area contributed by atoms with Gasteiger partial charge in [-0.1, -0.05) is 13.8 Å². The fourth-order valence-corrected chi connectivity index (χ4v) is 3.97. The Morgan fingerprint density at radius 1 is 0.895 bits per heavy atom. The third-order valence-corrected chi connectivity index (χ3v) is 5.87. The Morgan fingerprint density at radius 3 is 1.89 bits per heavy atom. The number of nitrogen functional groups attached to an aromatic ring is 1. The van der Waals surface area contributed by atoms with Crippen LogP contribution >= 0.6 is 0 Å². The second kappa shape index (κ2) is 15.1. The summed E-state index contributed by atoms with van der Waals surface area (Å²) >= 11 is 0. The zero-order valence-corrected chi connectivity index (χ0v) is 23.9. The number of carbonyl (C=O) groups excluding carboxylic acids is 3. The molecule has 0 aromatic heterocycles. The minimum Gasteiger partial charge on any atom is -0.465 e. The van der Waals surface area contributed by atoms with E-state index in [1.54, 1.807) is 24.3 Å². The van der Waals surface area contributed by atoms with Crippen LogP contribution in [0.1, 0.15) is 103 Å². The molecule has 0 heterocycles. The Morgan fingerprint density at radius 2 is 1.42 bits per heavy atom. The average Bonchev–Trinajstić information content (AvgIpc) is 2.86. The maximum Gasteiger partial charge on any atom is 0.339 e. The van der Waals surface area contributed by atoms with E-state index in [4.69, 9.17) is 19.9 Å². The maximum atomic E-state index is 11.7. The number of aliphatic hydroxyl groups is 1. The smallest absolute Gasteiger partial charge is 0.339 e. The highest BCUT2D eigenvalue weighted by molar-refractivity contribution is 6.01. The van der Waals surface area contributed by atoms with Gasteiger partial charge in [-0.3, -0.25) is 4.79 Å². The first-order chi connectivity index (χ1) is 17.8. The van der Waals surface area contributed by atoms with Gasteiger partial charge in [0, 0.05) is 12.6 Å². The van der Waals surface area contributed by atoms with Crippen molar-refractivity contribution in [2.45, 2.75) is 79.6 Å². The third kappa shape index (κ3) is 8.85. The number of methoxy groups -OCH3 is 2. The van der Waals surface area contributed by atoms with Gasteiger partial charge in [0.1, 0.15) is 0 Å². The van der Waals surface area contributed by atoms with Gasteiger partial charge >= 0.3 is 11.9 Å².